The maximum atomic E-state index is 12.9. The van der Waals surface area contributed by atoms with Crippen LogP contribution in [-0.4, -0.2) is 60.4 Å². The third-order valence-electron chi connectivity index (χ3n) is 4.85. The van der Waals surface area contributed by atoms with Crippen molar-refractivity contribution in [2.75, 3.05) is 32.8 Å². The van der Waals surface area contributed by atoms with Crippen LogP contribution in [0, 0.1) is 0 Å². The fourth-order valence-corrected chi connectivity index (χ4v) is 3.41. The highest BCUT2D eigenvalue weighted by molar-refractivity contribution is 5.81. The van der Waals surface area contributed by atoms with E-state index in [1.807, 2.05) is 36.9 Å². The lowest BCUT2D eigenvalue weighted by molar-refractivity contribution is -0.150. The summed E-state index contributed by atoms with van der Waals surface area (Å²) in [5.41, 5.74) is 1.16. The lowest BCUT2D eigenvalue weighted by atomic mass is 10.2. The van der Waals surface area contributed by atoms with E-state index in [2.05, 4.69) is 17.0 Å². The summed E-state index contributed by atoms with van der Waals surface area (Å²) >= 11 is 0. The molecule has 126 valence electrons. The van der Waals surface area contributed by atoms with E-state index in [1.165, 1.54) is 0 Å². The third-order valence-corrected chi connectivity index (χ3v) is 4.85. The average molecular weight is 318 g/mol. The number of benzene rings is 1. The van der Waals surface area contributed by atoms with Crippen molar-refractivity contribution in [1.82, 2.24) is 9.80 Å². The molecule has 1 amide bonds. The minimum Gasteiger partial charge on any atom is -0.346 e. The van der Waals surface area contributed by atoms with E-state index in [0.717, 1.165) is 18.5 Å². The van der Waals surface area contributed by atoms with Gasteiger partial charge in [-0.3, -0.25) is 9.69 Å². The zero-order valence-corrected chi connectivity index (χ0v) is 14.0. The molecule has 2 aliphatic rings. The number of rotatable bonds is 5. The zero-order valence-electron chi connectivity index (χ0n) is 14.0. The number of nitrogens with zero attached hydrogens (tertiary/aromatic N) is 2. The van der Waals surface area contributed by atoms with Crippen molar-refractivity contribution in [2.45, 2.75) is 38.6 Å². The first-order valence-electron chi connectivity index (χ1n) is 8.48. The van der Waals surface area contributed by atoms with Gasteiger partial charge >= 0.3 is 0 Å². The number of likely N-dealkylation sites (N-methyl/N-ethyl adjacent to an activating group) is 1. The Bertz CT molecular complexity index is 528. The molecule has 2 aliphatic heterocycles. The molecular weight excluding hydrogens is 292 g/mol. The number of hydrogen-bond donors (Lipinski definition) is 0. The summed E-state index contributed by atoms with van der Waals surface area (Å²) < 4.78 is 11.5. The minimum absolute atomic E-state index is 0.147. The molecule has 0 radical (unpaired) electrons. The first kappa shape index (κ1) is 16.4. The van der Waals surface area contributed by atoms with Crippen LogP contribution in [0.15, 0.2) is 30.3 Å². The van der Waals surface area contributed by atoms with Gasteiger partial charge in [-0.2, -0.15) is 0 Å². The summed E-state index contributed by atoms with van der Waals surface area (Å²) in [6.07, 6.45) is 0.843. The molecule has 3 rings (SSSR count). The molecule has 0 N–H and O–H groups in total. The molecule has 0 aromatic heterocycles. The van der Waals surface area contributed by atoms with Gasteiger partial charge in [0.1, 0.15) is 0 Å². The molecule has 0 aliphatic carbocycles. The van der Waals surface area contributed by atoms with E-state index in [4.69, 9.17) is 9.47 Å². The second kappa shape index (κ2) is 6.99. The molecule has 2 fully saturated rings. The van der Waals surface area contributed by atoms with Gasteiger partial charge in [0, 0.05) is 26.1 Å². The third kappa shape index (κ3) is 3.57. The highest BCUT2D eigenvalue weighted by Gasteiger charge is 2.45. The Hall–Kier alpha value is -1.43. The summed E-state index contributed by atoms with van der Waals surface area (Å²) in [7, 11) is 0. The van der Waals surface area contributed by atoms with Gasteiger partial charge in [0.05, 0.1) is 25.8 Å². The second-order valence-electron chi connectivity index (χ2n) is 6.34. The van der Waals surface area contributed by atoms with Crippen LogP contribution >= 0.6 is 0 Å². The lowest BCUT2D eigenvalue weighted by Gasteiger charge is -2.30. The smallest absolute Gasteiger partial charge is 0.239 e. The van der Waals surface area contributed by atoms with E-state index >= 15 is 0 Å². The number of ether oxygens (including phenoxy) is 2. The topological polar surface area (TPSA) is 42.0 Å². The first-order valence-corrected chi connectivity index (χ1v) is 8.48. The van der Waals surface area contributed by atoms with Crippen molar-refractivity contribution < 1.29 is 14.3 Å². The van der Waals surface area contributed by atoms with E-state index in [-0.39, 0.29) is 11.9 Å². The van der Waals surface area contributed by atoms with Gasteiger partial charge in [-0.15, -0.1) is 0 Å². The fraction of sp³-hybridized carbons (Fsp3) is 0.611. The van der Waals surface area contributed by atoms with Crippen LogP contribution in [0.3, 0.4) is 0 Å². The molecule has 1 spiro atoms. The van der Waals surface area contributed by atoms with Gasteiger partial charge in [-0.05, 0) is 19.4 Å². The van der Waals surface area contributed by atoms with Gasteiger partial charge < -0.3 is 14.4 Å². The Morgan fingerprint density at radius 1 is 1.30 bits per heavy atom. The Kier molecular flexibility index (Phi) is 4.99. The van der Waals surface area contributed by atoms with E-state index < -0.39 is 5.79 Å². The molecule has 2 saturated heterocycles. The van der Waals surface area contributed by atoms with Crippen molar-refractivity contribution in [1.29, 1.82) is 0 Å². The van der Waals surface area contributed by atoms with Crippen molar-refractivity contribution in [3.05, 3.63) is 35.9 Å². The predicted octanol–water partition coefficient (Wildman–Crippen LogP) is 1.87. The van der Waals surface area contributed by atoms with Crippen LogP contribution in [0.4, 0.5) is 0 Å². The minimum atomic E-state index is -0.467. The van der Waals surface area contributed by atoms with E-state index in [9.17, 15) is 4.79 Å². The van der Waals surface area contributed by atoms with E-state index in [1.54, 1.807) is 0 Å². The van der Waals surface area contributed by atoms with Crippen LogP contribution < -0.4 is 0 Å². The van der Waals surface area contributed by atoms with Gasteiger partial charge in [-0.25, -0.2) is 0 Å². The molecule has 1 atom stereocenters. The predicted molar refractivity (Wildman–Crippen MR) is 87.8 cm³/mol. The summed E-state index contributed by atoms with van der Waals surface area (Å²) in [5.74, 6) is -0.295. The molecule has 1 aromatic carbocycles. The number of carbonyl (C=O) groups excluding carboxylic acids is 1. The Morgan fingerprint density at radius 2 is 2.00 bits per heavy atom. The van der Waals surface area contributed by atoms with Crippen LogP contribution in [0.5, 0.6) is 0 Å². The Balaban J connectivity index is 1.61. The summed E-state index contributed by atoms with van der Waals surface area (Å²) in [5, 5.41) is 0. The molecule has 23 heavy (non-hydrogen) atoms. The lowest BCUT2D eigenvalue weighted by Crippen LogP contribution is -2.47. The molecule has 0 bridgehead atoms. The number of amides is 1. The maximum Gasteiger partial charge on any atom is 0.239 e. The Morgan fingerprint density at radius 3 is 2.65 bits per heavy atom. The quantitative estimate of drug-likeness (QED) is 0.831. The normalized spacial score (nSPS) is 21.7. The van der Waals surface area contributed by atoms with Crippen molar-refractivity contribution >= 4 is 5.91 Å². The van der Waals surface area contributed by atoms with Crippen molar-refractivity contribution in [3.8, 4) is 0 Å². The molecule has 2 heterocycles. The van der Waals surface area contributed by atoms with Gasteiger partial charge in [0.25, 0.3) is 0 Å². The average Bonchev–Trinajstić information content (AvgIpc) is 3.22. The highest BCUT2D eigenvalue weighted by Crippen LogP contribution is 2.31. The zero-order chi connectivity index (χ0) is 16.3. The SMILES string of the molecule is CCN(Cc1ccccc1)C(=O)[C@@H](C)N1CCC2(C1)OCCO2. The summed E-state index contributed by atoms with van der Waals surface area (Å²) in [6.45, 7) is 8.23. The number of likely N-dealkylation sites (tertiary alicyclic amines) is 1. The van der Waals surface area contributed by atoms with Crippen LogP contribution in [0.1, 0.15) is 25.8 Å². The van der Waals surface area contributed by atoms with Crippen LogP contribution in [-0.2, 0) is 20.8 Å². The van der Waals surface area contributed by atoms with Crippen LogP contribution in [0.25, 0.3) is 0 Å². The summed E-state index contributed by atoms with van der Waals surface area (Å²) in [6, 6.07) is 9.99. The molecule has 5 heteroatoms. The monoisotopic (exact) mass is 318 g/mol. The van der Waals surface area contributed by atoms with E-state index in [0.29, 0.717) is 32.8 Å². The Labute approximate surface area is 138 Å². The number of carbonyl (C=O) groups is 1. The van der Waals surface area contributed by atoms with Gasteiger partial charge in [0.15, 0.2) is 5.79 Å². The molecular formula is C18H26N2O3. The largest absolute Gasteiger partial charge is 0.346 e. The fourth-order valence-electron chi connectivity index (χ4n) is 3.41. The van der Waals surface area contributed by atoms with Gasteiger partial charge in [-0.1, -0.05) is 30.3 Å². The highest BCUT2D eigenvalue weighted by atomic mass is 16.7. The first-order chi connectivity index (χ1) is 11.1. The van der Waals surface area contributed by atoms with Crippen molar-refractivity contribution in [2.24, 2.45) is 0 Å². The molecule has 0 unspecified atom stereocenters. The molecule has 1 aromatic rings. The summed E-state index contributed by atoms with van der Waals surface area (Å²) in [4.78, 5) is 17.0. The number of hydrogen-bond acceptors (Lipinski definition) is 4. The second-order valence-corrected chi connectivity index (χ2v) is 6.34. The standard InChI is InChI=1S/C18H26N2O3/c1-3-19(13-16-7-5-4-6-8-16)17(21)15(2)20-10-9-18(14-20)22-11-12-23-18/h4-8,15H,3,9-14H2,1-2H3/t15-/m1/s1. The van der Waals surface area contributed by atoms with Gasteiger partial charge in [0.2, 0.25) is 5.91 Å². The maximum absolute atomic E-state index is 12.9. The molecule has 0 saturated carbocycles. The van der Waals surface area contributed by atoms with Crippen molar-refractivity contribution in [3.63, 3.8) is 0 Å². The van der Waals surface area contributed by atoms with Crippen LogP contribution in [0.2, 0.25) is 0 Å². The molecule has 5 nitrogen and oxygen atoms in total.